The SMILES string of the molecule is CN(C)CCCNC(=O)c1ccc2ccc(N3CCN(Cc4cccnc4)CC3)n2c1. The Morgan fingerprint density at radius 3 is 2.65 bits per heavy atom. The Kier molecular flexibility index (Phi) is 6.84. The molecule has 0 radical (unpaired) electrons. The summed E-state index contributed by atoms with van der Waals surface area (Å²) in [7, 11) is 4.09. The maximum Gasteiger partial charge on any atom is 0.252 e. The van der Waals surface area contributed by atoms with Gasteiger partial charge < -0.3 is 19.5 Å². The fourth-order valence-corrected chi connectivity index (χ4v) is 4.06. The fraction of sp³-hybridized carbons (Fsp3) is 0.417. The van der Waals surface area contributed by atoms with Gasteiger partial charge in [0, 0.05) is 63.4 Å². The van der Waals surface area contributed by atoms with Crippen molar-refractivity contribution in [2.24, 2.45) is 0 Å². The molecule has 3 aromatic heterocycles. The Labute approximate surface area is 184 Å². The van der Waals surface area contributed by atoms with E-state index < -0.39 is 0 Å². The highest BCUT2D eigenvalue weighted by Crippen LogP contribution is 2.22. The van der Waals surface area contributed by atoms with E-state index in [9.17, 15) is 4.79 Å². The molecule has 31 heavy (non-hydrogen) atoms. The summed E-state index contributed by atoms with van der Waals surface area (Å²) in [5, 5.41) is 3.03. The minimum atomic E-state index is -0.0124. The summed E-state index contributed by atoms with van der Waals surface area (Å²) in [6.45, 7) is 6.54. The van der Waals surface area contributed by atoms with Crippen LogP contribution in [0, 0.1) is 0 Å². The number of anilines is 1. The number of hydrogen-bond acceptors (Lipinski definition) is 5. The first-order valence-corrected chi connectivity index (χ1v) is 11.0. The molecular formula is C24H32N6O. The molecular weight excluding hydrogens is 388 g/mol. The predicted octanol–water partition coefficient (Wildman–Crippen LogP) is 2.34. The minimum absolute atomic E-state index is 0.0124. The van der Waals surface area contributed by atoms with Crippen LogP contribution in [0.15, 0.2) is 55.0 Å². The van der Waals surface area contributed by atoms with Gasteiger partial charge >= 0.3 is 0 Å². The number of hydrogen-bond donors (Lipinski definition) is 1. The number of fused-ring (bicyclic) bond motifs is 1. The van der Waals surface area contributed by atoms with Crippen molar-refractivity contribution in [3.63, 3.8) is 0 Å². The van der Waals surface area contributed by atoms with Crippen LogP contribution < -0.4 is 10.2 Å². The maximum absolute atomic E-state index is 12.6. The second-order valence-corrected chi connectivity index (χ2v) is 8.44. The molecule has 0 spiro atoms. The van der Waals surface area contributed by atoms with E-state index in [0.717, 1.165) is 57.0 Å². The van der Waals surface area contributed by atoms with Gasteiger partial charge in [-0.15, -0.1) is 0 Å². The first-order chi connectivity index (χ1) is 15.1. The predicted molar refractivity (Wildman–Crippen MR) is 125 cm³/mol. The number of carbonyl (C=O) groups is 1. The number of carbonyl (C=O) groups excluding carboxylic acids is 1. The number of nitrogens with zero attached hydrogens (tertiary/aromatic N) is 5. The topological polar surface area (TPSA) is 56.1 Å². The molecule has 0 saturated carbocycles. The average Bonchev–Trinajstić information content (AvgIpc) is 3.21. The van der Waals surface area contributed by atoms with E-state index in [1.807, 2.05) is 50.9 Å². The Bertz CT molecular complexity index is 992. The molecule has 0 aliphatic carbocycles. The Morgan fingerprint density at radius 2 is 1.90 bits per heavy atom. The molecule has 1 aliphatic heterocycles. The van der Waals surface area contributed by atoms with Gasteiger partial charge in [-0.25, -0.2) is 0 Å². The van der Waals surface area contributed by atoms with Crippen LogP contribution in [0.1, 0.15) is 22.3 Å². The summed E-state index contributed by atoms with van der Waals surface area (Å²) in [4.78, 5) is 23.8. The third-order valence-corrected chi connectivity index (χ3v) is 5.79. The quantitative estimate of drug-likeness (QED) is 0.567. The van der Waals surface area contributed by atoms with Gasteiger partial charge in [0.25, 0.3) is 5.91 Å². The van der Waals surface area contributed by atoms with Gasteiger partial charge in [-0.3, -0.25) is 14.7 Å². The molecule has 4 heterocycles. The highest BCUT2D eigenvalue weighted by molar-refractivity contribution is 5.94. The molecule has 1 saturated heterocycles. The monoisotopic (exact) mass is 420 g/mol. The van der Waals surface area contributed by atoms with Crippen molar-refractivity contribution in [1.29, 1.82) is 0 Å². The number of pyridine rings is 2. The number of aromatic nitrogens is 2. The Hall–Kier alpha value is -2.90. The highest BCUT2D eigenvalue weighted by atomic mass is 16.1. The molecule has 0 aromatic carbocycles. The van der Waals surface area contributed by atoms with Crippen LogP contribution in [0.5, 0.6) is 0 Å². The van der Waals surface area contributed by atoms with Crippen molar-refractivity contribution in [1.82, 2.24) is 24.5 Å². The fourth-order valence-electron chi connectivity index (χ4n) is 4.06. The molecule has 0 unspecified atom stereocenters. The van der Waals surface area contributed by atoms with Crippen LogP contribution in [0.2, 0.25) is 0 Å². The average molecular weight is 421 g/mol. The molecule has 1 aliphatic rings. The third-order valence-electron chi connectivity index (χ3n) is 5.79. The maximum atomic E-state index is 12.6. The van der Waals surface area contributed by atoms with Crippen molar-refractivity contribution in [3.8, 4) is 0 Å². The molecule has 0 atom stereocenters. The first-order valence-electron chi connectivity index (χ1n) is 11.0. The van der Waals surface area contributed by atoms with Crippen molar-refractivity contribution in [2.75, 3.05) is 58.3 Å². The lowest BCUT2D eigenvalue weighted by molar-refractivity contribution is 0.0952. The van der Waals surface area contributed by atoms with Gasteiger partial charge in [-0.2, -0.15) is 0 Å². The van der Waals surface area contributed by atoms with Gasteiger partial charge in [0.15, 0.2) is 0 Å². The lowest BCUT2D eigenvalue weighted by atomic mass is 10.2. The highest BCUT2D eigenvalue weighted by Gasteiger charge is 2.20. The number of rotatable bonds is 8. The summed E-state index contributed by atoms with van der Waals surface area (Å²) < 4.78 is 2.14. The summed E-state index contributed by atoms with van der Waals surface area (Å²) >= 11 is 0. The first kappa shape index (κ1) is 21.3. The van der Waals surface area contributed by atoms with E-state index in [0.29, 0.717) is 12.1 Å². The summed E-state index contributed by atoms with van der Waals surface area (Å²) in [6.07, 6.45) is 6.67. The van der Waals surface area contributed by atoms with Crippen LogP contribution >= 0.6 is 0 Å². The van der Waals surface area contributed by atoms with Crippen molar-refractivity contribution in [2.45, 2.75) is 13.0 Å². The lowest BCUT2D eigenvalue weighted by Crippen LogP contribution is -2.46. The van der Waals surface area contributed by atoms with Crippen molar-refractivity contribution < 1.29 is 4.79 Å². The smallest absolute Gasteiger partial charge is 0.252 e. The van der Waals surface area contributed by atoms with Gasteiger partial charge in [0.1, 0.15) is 5.82 Å². The molecule has 1 N–H and O–H groups in total. The minimum Gasteiger partial charge on any atom is -0.355 e. The van der Waals surface area contributed by atoms with Gasteiger partial charge in [-0.1, -0.05) is 6.07 Å². The molecule has 7 nitrogen and oxygen atoms in total. The van der Waals surface area contributed by atoms with E-state index in [2.05, 4.69) is 47.6 Å². The summed E-state index contributed by atoms with van der Waals surface area (Å²) in [5.41, 5.74) is 3.06. The van der Waals surface area contributed by atoms with Crippen molar-refractivity contribution in [3.05, 3.63) is 66.1 Å². The van der Waals surface area contributed by atoms with E-state index >= 15 is 0 Å². The molecule has 4 rings (SSSR count). The Morgan fingerprint density at radius 1 is 1.10 bits per heavy atom. The normalized spacial score (nSPS) is 15.0. The van der Waals surface area contributed by atoms with E-state index in [1.165, 1.54) is 5.56 Å². The molecule has 3 aromatic rings. The van der Waals surface area contributed by atoms with Gasteiger partial charge in [0.2, 0.25) is 0 Å². The van der Waals surface area contributed by atoms with Crippen LogP contribution in [-0.2, 0) is 6.54 Å². The van der Waals surface area contributed by atoms with Crippen LogP contribution in [0.25, 0.3) is 5.52 Å². The largest absolute Gasteiger partial charge is 0.355 e. The van der Waals surface area contributed by atoms with Crippen molar-refractivity contribution >= 4 is 17.2 Å². The number of piperazine rings is 1. The van der Waals surface area contributed by atoms with E-state index in [4.69, 9.17) is 0 Å². The molecule has 0 bridgehead atoms. The standard InChI is InChI=1S/C24H32N6O/c1-27(2)12-4-11-26-24(31)21-6-7-22-8-9-23(30(22)19-21)29-15-13-28(14-16-29)18-20-5-3-10-25-17-20/h3,5-10,17,19H,4,11-16,18H2,1-2H3,(H,26,31). The third kappa shape index (κ3) is 5.42. The number of amides is 1. The molecule has 7 heteroatoms. The zero-order valence-electron chi connectivity index (χ0n) is 18.5. The van der Waals surface area contributed by atoms with Gasteiger partial charge in [0.05, 0.1) is 5.56 Å². The molecule has 1 amide bonds. The summed E-state index contributed by atoms with van der Waals surface area (Å²) in [6, 6.07) is 12.3. The summed E-state index contributed by atoms with van der Waals surface area (Å²) in [5.74, 6) is 1.14. The van der Waals surface area contributed by atoms with E-state index in [-0.39, 0.29) is 5.91 Å². The van der Waals surface area contributed by atoms with Crippen LogP contribution in [0.3, 0.4) is 0 Å². The zero-order chi connectivity index (χ0) is 21.6. The van der Waals surface area contributed by atoms with Crippen LogP contribution in [-0.4, -0.2) is 78.5 Å². The Balaban J connectivity index is 1.38. The number of nitrogens with one attached hydrogen (secondary N) is 1. The van der Waals surface area contributed by atoms with Crippen LogP contribution in [0.4, 0.5) is 5.82 Å². The second kappa shape index (κ2) is 9.94. The zero-order valence-corrected chi connectivity index (χ0v) is 18.5. The van der Waals surface area contributed by atoms with Gasteiger partial charge in [-0.05, 0) is 63.0 Å². The molecule has 1 fully saturated rings. The van der Waals surface area contributed by atoms with E-state index in [1.54, 1.807) is 0 Å². The molecule has 164 valence electrons. The lowest BCUT2D eigenvalue weighted by Gasteiger charge is -2.35. The second-order valence-electron chi connectivity index (χ2n) is 8.44.